The zero-order valence-corrected chi connectivity index (χ0v) is 16.6. The maximum Gasteiger partial charge on any atom is 0.416 e. The van der Waals surface area contributed by atoms with Crippen molar-refractivity contribution in [2.45, 2.75) is 19.3 Å². The Morgan fingerprint density at radius 3 is 2.06 bits per heavy atom. The lowest BCUT2D eigenvalue weighted by Crippen LogP contribution is -2.22. The normalized spacial score (nSPS) is 12.0. The van der Waals surface area contributed by atoms with Crippen LogP contribution >= 0.6 is 0 Å². The van der Waals surface area contributed by atoms with Crippen molar-refractivity contribution in [1.82, 2.24) is 0 Å². The summed E-state index contributed by atoms with van der Waals surface area (Å²) in [6.45, 7) is 0.131. The molecule has 1 heterocycles. The molecule has 0 saturated heterocycles. The molecule has 0 saturated carbocycles. The lowest BCUT2D eigenvalue weighted by molar-refractivity contribution is -0.143. The van der Waals surface area contributed by atoms with Crippen molar-refractivity contribution in [3.63, 3.8) is 0 Å². The number of amides is 1. The average molecular weight is 473 g/mol. The zero-order chi connectivity index (χ0) is 24.6. The molecule has 0 bridgehead atoms. The SMILES string of the molecule is CC(=O)c1oc2ccccc2c1NC(=O)COC(=O)c1cc(C(F)(F)F)cc(C(F)(F)F)c1. The number of rotatable bonds is 5. The summed E-state index contributed by atoms with van der Waals surface area (Å²) in [5.74, 6) is -3.29. The molecule has 0 aliphatic heterocycles. The highest BCUT2D eigenvalue weighted by molar-refractivity contribution is 6.11. The number of ketones is 1. The lowest BCUT2D eigenvalue weighted by atomic mass is 10.0. The van der Waals surface area contributed by atoms with Gasteiger partial charge in [-0.3, -0.25) is 9.59 Å². The van der Waals surface area contributed by atoms with Crippen LogP contribution in [-0.4, -0.2) is 24.3 Å². The number of furan rings is 1. The third-order valence-corrected chi connectivity index (χ3v) is 4.34. The van der Waals surface area contributed by atoms with Crippen LogP contribution in [0.25, 0.3) is 11.0 Å². The Balaban J connectivity index is 1.79. The minimum Gasteiger partial charge on any atom is -0.452 e. The Labute approximate surface area is 181 Å². The van der Waals surface area contributed by atoms with Gasteiger partial charge in [0.25, 0.3) is 5.91 Å². The van der Waals surface area contributed by atoms with E-state index in [4.69, 9.17) is 4.42 Å². The van der Waals surface area contributed by atoms with Crippen molar-refractivity contribution in [3.05, 3.63) is 64.9 Å². The van der Waals surface area contributed by atoms with E-state index in [0.29, 0.717) is 5.39 Å². The molecule has 0 radical (unpaired) electrons. The fourth-order valence-electron chi connectivity index (χ4n) is 2.88. The van der Waals surface area contributed by atoms with Crippen LogP contribution in [-0.2, 0) is 21.9 Å². The first-order valence-corrected chi connectivity index (χ1v) is 9.06. The number of carbonyl (C=O) groups is 3. The number of hydrogen-bond acceptors (Lipinski definition) is 5. The number of Topliss-reactive ketones (excluding diaryl/α,β-unsaturated/α-hetero) is 1. The van der Waals surface area contributed by atoms with E-state index in [1.807, 2.05) is 0 Å². The topological polar surface area (TPSA) is 85.6 Å². The summed E-state index contributed by atoms with van der Waals surface area (Å²) < 4.78 is 87.6. The number of halogens is 6. The second kappa shape index (κ2) is 8.60. The zero-order valence-electron chi connectivity index (χ0n) is 16.6. The van der Waals surface area contributed by atoms with Crippen molar-refractivity contribution in [2.24, 2.45) is 0 Å². The number of ether oxygens (including phenoxy) is 1. The van der Waals surface area contributed by atoms with Crippen LogP contribution in [0.1, 0.15) is 39.0 Å². The van der Waals surface area contributed by atoms with Gasteiger partial charge in [0.1, 0.15) is 5.58 Å². The number of nitrogens with one attached hydrogen (secondary N) is 1. The Morgan fingerprint density at radius 1 is 0.939 bits per heavy atom. The molecule has 12 heteroatoms. The van der Waals surface area contributed by atoms with E-state index in [0.717, 1.165) is 0 Å². The Kier molecular flexibility index (Phi) is 6.21. The van der Waals surface area contributed by atoms with Gasteiger partial charge in [-0.05, 0) is 30.3 Å². The van der Waals surface area contributed by atoms with Gasteiger partial charge >= 0.3 is 18.3 Å². The molecule has 3 rings (SSSR count). The van der Waals surface area contributed by atoms with E-state index in [2.05, 4.69) is 10.1 Å². The van der Waals surface area contributed by atoms with Crippen molar-refractivity contribution in [1.29, 1.82) is 0 Å². The molecule has 6 nitrogen and oxygen atoms in total. The average Bonchev–Trinajstić information content (AvgIpc) is 3.09. The number of anilines is 1. The minimum absolute atomic E-state index is 0.0161. The quantitative estimate of drug-likeness (QED) is 0.302. The molecular weight excluding hydrogens is 460 g/mol. The predicted molar refractivity (Wildman–Crippen MR) is 102 cm³/mol. The fourth-order valence-corrected chi connectivity index (χ4v) is 2.88. The molecule has 0 aliphatic rings. The van der Waals surface area contributed by atoms with Crippen LogP contribution in [0.4, 0.5) is 32.0 Å². The summed E-state index contributed by atoms with van der Waals surface area (Å²) in [5, 5.41) is 2.66. The van der Waals surface area contributed by atoms with Gasteiger partial charge in [-0.15, -0.1) is 0 Å². The summed E-state index contributed by atoms with van der Waals surface area (Å²) in [6.07, 6.45) is -10.3. The molecule has 1 aromatic heterocycles. The Hall–Kier alpha value is -3.83. The van der Waals surface area contributed by atoms with E-state index >= 15 is 0 Å². The summed E-state index contributed by atoms with van der Waals surface area (Å²) >= 11 is 0. The van der Waals surface area contributed by atoms with Crippen LogP contribution < -0.4 is 5.32 Å². The van der Waals surface area contributed by atoms with Crippen LogP contribution in [0, 0.1) is 0 Å². The molecule has 0 unspecified atom stereocenters. The molecule has 0 fully saturated rings. The Morgan fingerprint density at radius 2 is 1.52 bits per heavy atom. The standard InChI is InChI=1S/C21H13F6NO5/c1-10(29)18-17(14-4-2-3-5-15(14)33-18)28-16(30)9-32-19(31)11-6-12(20(22,23)24)8-13(7-11)21(25,26)27/h2-8H,9H2,1H3,(H,28,30). The van der Waals surface area contributed by atoms with Crippen molar-refractivity contribution in [3.8, 4) is 0 Å². The van der Waals surface area contributed by atoms with Gasteiger partial charge in [-0.2, -0.15) is 26.3 Å². The number of alkyl halides is 6. The third-order valence-electron chi connectivity index (χ3n) is 4.34. The number of hydrogen-bond donors (Lipinski definition) is 1. The molecule has 1 amide bonds. The van der Waals surface area contributed by atoms with Gasteiger partial charge in [-0.25, -0.2) is 4.79 Å². The van der Waals surface area contributed by atoms with Gasteiger partial charge in [0, 0.05) is 12.3 Å². The van der Waals surface area contributed by atoms with Crippen LogP contribution in [0.15, 0.2) is 46.9 Å². The molecular formula is C21H13F6NO5. The molecule has 0 atom stereocenters. The number of carbonyl (C=O) groups excluding carboxylic acids is 3. The first-order valence-electron chi connectivity index (χ1n) is 9.06. The molecule has 0 spiro atoms. The highest BCUT2D eigenvalue weighted by Gasteiger charge is 2.37. The predicted octanol–water partition coefficient (Wildman–Crippen LogP) is 5.47. The van der Waals surface area contributed by atoms with Crippen molar-refractivity contribution >= 4 is 34.3 Å². The van der Waals surface area contributed by atoms with Gasteiger partial charge in [0.15, 0.2) is 18.2 Å². The third kappa shape index (κ3) is 5.33. The number of esters is 1. The summed E-state index contributed by atoms with van der Waals surface area (Å²) in [6, 6.07) is 6.52. The van der Waals surface area contributed by atoms with Gasteiger partial charge in [-0.1, -0.05) is 12.1 Å². The monoisotopic (exact) mass is 473 g/mol. The van der Waals surface area contributed by atoms with Gasteiger partial charge < -0.3 is 14.5 Å². The summed E-state index contributed by atoms with van der Waals surface area (Å²) in [4.78, 5) is 36.1. The second-order valence-electron chi connectivity index (χ2n) is 6.78. The van der Waals surface area contributed by atoms with Crippen LogP contribution in [0.2, 0.25) is 0 Å². The highest BCUT2D eigenvalue weighted by atomic mass is 19.4. The number of para-hydroxylation sites is 1. The number of fused-ring (bicyclic) bond motifs is 1. The number of benzene rings is 2. The van der Waals surface area contributed by atoms with E-state index < -0.39 is 53.3 Å². The first kappa shape index (κ1) is 23.8. The molecule has 33 heavy (non-hydrogen) atoms. The van der Waals surface area contributed by atoms with Gasteiger partial charge in [0.2, 0.25) is 0 Å². The molecule has 1 N–H and O–H groups in total. The first-order chi connectivity index (χ1) is 15.3. The van der Waals surface area contributed by atoms with Crippen molar-refractivity contribution in [2.75, 3.05) is 11.9 Å². The molecule has 0 aliphatic carbocycles. The van der Waals surface area contributed by atoms with E-state index in [-0.39, 0.29) is 35.2 Å². The minimum atomic E-state index is -5.15. The highest BCUT2D eigenvalue weighted by Crippen LogP contribution is 2.36. The van der Waals surface area contributed by atoms with Crippen LogP contribution in [0.3, 0.4) is 0 Å². The Bertz CT molecular complexity index is 1210. The maximum absolute atomic E-state index is 12.9. The van der Waals surface area contributed by atoms with Crippen LogP contribution in [0.5, 0.6) is 0 Å². The molecule has 3 aromatic rings. The van der Waals surface area contributed by atoms with Gasteiger partial charge in [0.05, 0.1) is 22.4 Å². The second-order valence-corrected chi connectivity index (χ2v) is 6.78. The maximum atomic E-state index is 12.9. The molecule has 174 valence electrons. The molecule has 2 aromatic carbocycles. The van der Waals surface area contributed by atoms with Crippen molar-refractivity contribution < 1.29 is 49.9 Å². The fraction of sp³-hybridized carbons (Fsp3) is 0.190. The van der Waals surface area contributed by atoms with E-state index in [1.165, 1.54) is 19.1 Å². The lowest BCUT2D eigenvalue weighted by Gasteiger charge is -2.14. The summed E-state index contributed by atoms with van der Waals surface area (Å²) in [7, 11) is 0. The largest absolute Gasteiger partial charge is 0.452 e. The van der Waals surface area contributed by atoms with E-state index in [9.17, 15) is 40.7 Å². The smallest absolute Gasteiger partial charge is 0.416 e. The summed E-state index contributed by atoms with van der Waals surface area (Å²) in [5.41, 5.74) is -4.19. The van der Waals surface area contributed by atoms with E-state index in [1.54, 1.807) is 12.1 Å².